The van der Waals surface area contributed by atoms with Gasteiger partial charge in [0.2, 0.25) is 0 Å². The maximum atomic E-state index is 13.4. The molecule has 8 heteroatoms. The van der Waals surface area contributed by atoms with Crippen molar-refractivity contribution in [2.45, 2.75) is 13.0 Å². The summed E-state index contributed by atoms with van der Waals surface area (Å²) in [5, 5.41) is 11.6. The van der Waals surface area contributed by atoms with Crippen LogP contribution in [0, 0.1) is 6.92 Å². The van der Waals surface area contributed by atoms with Crippen LogP contribution in [0.5, 0.6) is 11.5 Å². The summed E-state index contributed by atoms with van der Waals surface area (Å²) in [6, 6.07) is 16.2. The molecule has 0 bridgehead atoms. The highest BCUT2D eigenvalue weighted by molar-refractivity contribution is 6.52. The van der Waals surface area contributed by atoms with Gasteiger partial charge in [-0.1, -0.05) is 59.6 Å². The van der Waals surface area contributed by atoms with Gasteiger partial charge in [-0.15, -0.1) is 0 Å². The fourth-order valence-corrected chi connectivity index (χ4v) is 4.79. The molecule has 0 spiro atoms. The van der Waals surface area contributed by atoms with Gasteiger partial charge in [0.25, 0.3) is 11.7 Å². The molecule has 3 aromatic rings. The minimum Gasteiger partial charge on any atom is -0.507 e. The van der Waals surface area contributed by atoms with Crippen LogP contribution in [0.2, 0.25) is 10.0 Å². The molecular weight excluding hydrogens is 477 g/mol. The summed E-state index contributed by atoms with van der Waals surface area (Å²) >= 11 is 12.5. The third kappa shape index (κ3) is 3.89. The summed E-state index contributed by atoms with van der Waals surface area (Å²) in [6.45, 7) is 1.84. The molecule has 1 aliphatic heterocycles. The van der Waals surface area contributed by atoms with Crippen molar-refractivity contribution in [3.63, 3.8) is 0 Å². The van der Waals surface area contributed by atoms with Crippen molar-refractivity contribution in [2.24, 2.45) is 0 Å². The molecular formula is C26H21Cl2NO5. The number of carbonyl (C=O) groups excluding carboxylic acids is 2. The number of hydrogen-bond donors (Lipinski definition) is 1. The first kappa shape index (κ1) is 23.7. The summed E-state index contributed by atoms with van der Waals surface area (Å²) in [5.74, 6) is -1.31. The van der Waals surface area contributed by atoms with E-state index in [0.29, 0.717) is 17.0 Å². The Labute approximate surface area is 206 Å². The van der Waals surface area contributed by atoms with Crippen molar-refractivity contribution in [2.75, 3.05) is 19.1 Å². The minimum atomic E-state index is -0.947. The van der Waals surface area contributed by atoms with Gasteiger partial charge < -0.3 is 14.6 Å². The van der Waals surface area contributed by atoms with E-state index in [0.717, 1.165) is 5.56 Å². The van der Waals surface area contributed by atoms with Crippen LogP contribution in [0.1, 0.15) is 22.7 Å². The molecule has 4 rings (SSSR count). The predicted octanol–water partition coefficient (Wildman–Crippen LogP) is 5.95. The van der Waals surface area contributed by atoms with Crippen LogP contribution in [0.3, 0.4) is 0 Å². The number of amides is 1. The molecule has 0 saturated carbocycles. The van der Waals surface area contributed by atoms with Crippen LogP contribution < -0.4 is 14.4 Å². The summed E-state index contributed by atoms with van der Waals surface area (Å²) in [4.78, 5) is 28.1. The van der Waals surface area contributed by atoms with Gasteiger partial charge in [-0.05, 0) is 36.8 Å². The van der Waals surface area contributed by atoms with E-state index in [4.69, 9.17) is 32.7 Å². The number of aliphatic hydroxyl groups is 1. The average Bonchev–Trinajstić information content (AvgIpc) is 3.08. The van der Waals surface area contributed by atoms with Crippen molar-refractivity contribution in [1.82, 2.24) is 0 Å². The molecule has 1 heterocycles. The van der Waals surface area contributed by atoms with Gasteiger partial charge in [-0.2, -0.15) is 0 Å². The van der Waals surface area contributed by atoms with Gasteiger partial charge in [0.15, 0.2) is 5.75 Å². The Morgan fingerprint density at radius 1 is 0.941 bits per heavy atom. The maximum Gasteiger partial charge on any atom is 0.300 e. The molecule has 1 fully saturated rings. The lowest BCUT2D eigenvalue weighted by Gasteiger charge is -2.27. The molecule has 1 aliphatic rings. The van der Waals surface area contributed by atoms with E-state index in [1.54, 1.807) is 36.4 Å². The van der Waals surface area contributed by atoms with Gasteiger partial charge in [-0.25, -0.2) is 0 Å². The smallest absolute Gasteiger partial charge is 0.300 e. The van der Waals surface area contributed by atoms with E-state index < -0.39 is 23.5 Å². The van der Waals surface area contributed by atoms with E-state index >= 15 is 0 Å². The third-order valence-electron chi connectivity index (χ3n) is 5.73. The van der Waals surface area contributed by atoms with Crippen LogP contribution in [0.15, 0.2) is 66.2 Å². The van der Waals surface area contributed by atoms with Crippen LogP contribution in [0.4, 0.5) is 5.69 Å². The molecule has 1 atom stereocenters. The first-order valence-corrected chi connectivity index (χ1v) is 11.1. The highest BCUT2D eigenvalue weighted by Gasteiger charge is 2.48. The quantitative estimate of drug-likeness (QED) is 0.268. The molecule has 34 heavy (non-hydrogen) atoms. The number of rotatable bonds is 5. The molecule has 0 radical (unpaired) electrons. The second-order valence-electron chi connectivity index (χ2n) is 7.67. The number of aliphatic hydroxyl groups excluding tert-OH is 1. The summed E-state index contributed by atoms with van der Waals surface area (Å²) in [7, 11) is 2.92. The van der Waals surface area contributed by atoms with E-state index in [1.807, 2.05) is 19.1 Å². The molecule has 6 nitrogen and oxygen atoms in total. The number of para-hydroxylation sites is 2. The normalized spacial score (nSPS) is 17.2. The number of halogens is 2. The number of carbonyl (C=O) groups is 2. The highest BCUT2D eigenvalue weighted by Crippen LogP contribution is 2.46. The number of methoxy groups -OCH3 is 2. The van der Waals surface area contributed by atoms with Crippen molar-refractivity contribution < 1.29 is 24.2 Å². The van der Waals surface area contributed by atoms with Crippen LogP contribution in [0.25, 0.3) is 5.76 Å². The van der Waals surface area contributed by atoms with Gasteiger partial charge >= 0.3 is 0 Å². The van der Waals surface area contributed by atoms with Gasteiger partial charge in [0.1, 0.15) is 11.5 Å². The minimum absolute atomic E-state index is 0.102. The summed E-state index contributed by atoms with van der Waals surface area (Å²) in [6.07, 6.45) is 0. The number of ether oxygens (including phenoxy) is 2. The fourth-order valence-electron chi connectivity index (χ4n) is 4.15. The summed E-state index contributed by atoms with van der Waals surface area (Å²) in [5.41, 5.74) is 1.96. The zero-order chi connectivity index (χ0) is 24.6. The monoisotopic (exact) mass is 497 g/mol. The second-order valence-corrected chi connectivity index (χ2v) is 8.49. The van der Waals surface area contributed by atoms with Crippen molar-refractivity contribution in [3.05, 3.63) is 93.0 Å². The Bertz CT molecular complexity index is 1310. The predicted molar refractivity (Wildman–Crippen MR) is 132 cm³/mol. The lowest BCUT2D eigenvalue weighted by molar-refractivity contribution is -0.132. The fraction of sp³-hybridized carbons (Fsp3) is 0.154. The number of Topliss-reactive ketones (excluding diaryl/α,β-unsaturated/α-hetero) is 1. The lowest BCUT2D eigenvalue weighted by Crippen LogP contribution is -2.30. The van der Waals surface area contributed by atoms with Crippen LogP contribution in [-0.4, -0.2) is 31.0 Å². The van der Waals surface area contributed by atoms with E-state index in [-0.39, 0.29) is 26.9 Å². The summed E-state index contributed by atoms with van der Waals surface area (Å²) < 4.78 is 10.7. The Balaban J connectivity index is 2.02. The van der Waals surface area contributed by atoms with Crippen molar-refractivity contribution in [3.8, 4) is 11.5 Å². The number of aryl methyl sites for hydroxylation is 1. The second kappa shape index (κ2) is 9.41. The average molecular weight is 498 g/mol. The molecule has 0 aromatic heterocycles. The topological polar surface area (TPSA) is 76.1 Å². The van der Waals surface area contributed by atoms with E-state index in [1.165, 1.54) is 31.3 Å². The van der Waals surface area contributed by atoms with E-state index in [9.17, 15) is 14.7 Å². The standard InChI is InChI=1S/C26H21Cl2NO5/c1-14-8-4-6-10-19(14)29-22(16-9-5-7-11-20(16)33-2)21(24(31)26(29)32)23(30)15-12-17(27)25(34-3)18(28)13-15/h4-13,22,30H,1-3H3/b23-21+. The first-order chi connectivity index (χ1) is 16.3. The Kier molecular flexibility index (Phi) is 6.55. The molecule has 3 aromatic carbocycles. The zero-order valence-electron chi connectivity index (χ0n) is 18.6. The molecule has 1 saturated heterocycles. The van der Waals surface area contributed by atoms with Crippen molar-refractivity contribution in [1.29, 1.82) is 0 Å². The van der Waals surface area contributed by atoms with Crippen molar-refractivity contribution >= 4 is 46.3 Å². The SMILES string of the molecule is COc1ccccc1C1/C(=C(\O)c2cc(Cl)c(OC)c(Cl)c2)C(=O)C(=O)N1c1ccccc1C. The maximum absolute atomic E-state index is 13.4. The van der Waals surface area contributed by atoms with Gasteiger partial charge in [-0.3, -0.25) is 14.5 Å². The Morgan fingerprint density at radius 3 is 2.18 bits per heavy atom. The van der Waals surface area contributed by atoms with Crippen LogP contribution >= 0.6 is 23.2 Å². The zero-order valence-corrected chi connectivity index (χ0v) is 20.1. The first-order valence-electron chi connectivity index (χ1n) is 10.3. The number of benzene rings is 3. The highest BCUT2D eigenvalue weighted by atomic mass is 35.5. The number of hydrogen-bond acceptors (Lipinski definition) is 5. The largest absolute Gasteiger partial charge is 0.507 e. The number of anilines is 1. The van der Waals surface area contributed by atoms with E-state index in [2.05, 4.69) is 0 Å². The molecule has 1 N–H and O–H groups in total. The molecule has 1 amide bonds. The lowest BCUT2D eigenvalue weighted by atomic mass is 9.94. The van der Waals surface area contributed by atoms with Crippen LogP contribution in [-0.2, 0) is 9.59 Å². The van der Waals surface area contributed by atoms with Gasteiger partial charge in [0, 0.05) is 16.8 Å². The molecule has 174 valence electrons. The Hall–Kier alpha value is -3.48. The molecule has 1 unspecified atom stereocenters. The molecule has 0 aliphatic carbocycles. The van der Waals surface area contributed by atoms with Gasteiger partial charge in [0.05, 0.1) is 35.9 Å². The number of ketones is 1. The number of nitrogens with zero attached hydrogens (tertiary/aromatic N) is 1. The Morgan fingerprint density at radius 2 is 1.56 bits per heavy atom. The third-order valence-corrected chi connectivity index (χ3v) is 6.29.